The zero-order valence-corrected chi connectivity index (χ0v) is 13.1. The van der Waals surface area contributed by atoms with Crippen molar-refractivity contribution in [3.05, 3.63) is 57.8 Å². The highest BCUT2D eigenvalue weighted by Crippen LogP contribution is 2.29. The van der Waals surface area contributed by atoms with Crippen molar-refractivity contribution in [2.75, 3.05) is 0 Å². The lowest BCUT2D eigenvalue weighted by molar-refractivity contribution is -0.137. The number of amides is 2. The van der Waals surface area contributed by atoms with Crippen LogP contribution in [0.4, 0.5) is 13.2 Å². The van der Waals surface area contributed by atoms with Crippen LogP contribution in [0.1, 0.15) is 21.6 Å². The molecule has 9 heteroatoms. The van der Waals surface area contributed by atoms with Crippen LogP contribution in [0.15, 0.2) is 41.0 Å². The van der Waals surface area contributed by atoms with Gasteiger partial charge in [-0.15, -0.1) is 0 Å². The van der Waals surface area contributed by atoms with Gasteiger partial charge in [0, 0.05) is 10.7 Å². The molecule has 0 atom stereocenters. The first kappa shape index (κ1) is 17.1. The normalized spacial score (nSPS) is 11.1. The summed E-state index contributed by atoms with van der Waals surface area (Å²) < 4.78 is 38.4. The SMILES string of the molecule is O=C(Cc1cccc(C(F)(F)F)c1)NNC(=O)c1cc(Br)c[nH]1. The van der Waals surface area contributed by atoms with E-state index in [-0.39, 0.29) is 17.7 Å². The Kier molecular flexibility index (Phi) is 5.09. The number of alkyl halides is 3. The summed E-state index contributed by atoms with van der Waals surface area (Å²) in [5.74, 6) is -1.21. The van der Waals surface area contributed by atoms with Crippen molar-refractivity contribution in [1.82, 2.24) is 15.8 Å². The first-order valence-electron chi connectivity index (χ1n) is 6.35. The highest BCUT2D eigenvalue weighted by molar-refractivity contribution is 9.10. The summed E-state index contributed by atoms with van der Waals surface area (Å²) >= 11 is 3.16. The lowest BCUT2D eigenvalue weighted by Gasteiger charge is -2.09. The average molecular weight is 390 g/mol. The molecule has 0 unspecified atom stereocenters. The van der Waals surface area contributed by atoms with Crippen molar-refractivity contribution >= 4 is 27.7 Å². The number of benzene rings is 1. The molecule has 23 heavy (non-hydrogen) atoms. The van der Waals surface area contributed by atoms with Gasteiger partial charge >= 0.3 is 6.18 Å². The third-order valence-electron chi connectivity index (χ3n) is 2.83. The summed E-state index contributed by atoms with van der Waals surface area (Å²) in [5, 5.41) is 0. The smallest absolute Gasteiger partial charge is 0.356 e. The number of hydrogen-bond donors (Lipinski definition) is 3. The molecule has 1 aromatic heterocycles. The van der Waals surface area contributed by atoms with Gasteiger partial charge in [0.2, 0.25) is 5.91 Å². The van der Waals surface area contributed by atoms with E-state index in [1.54, 1.807) is 6.20 Å². The maximum atomic E-state index is 12.6. The standard InChI is InChI=1S/C14H11BrF3N3O2/c15-10-6-11(19-7-10)13(23)21-20-12(22)5-8-2-1-3-9(4-8)14(16,17)18/h1-4,6-7,19H,5H2,(H,20,22)(H,21,23). The second-order valence-electron chi connectivity index (χ2n) is 4.61. The Bertz CT molecular complexity index is 728. The zero-order chi connectivity index (χ0) is 17.0. The molecule has 122 valence electrons. The summed E-state index contributed by atoms with van der Waals surface area (Å²) in [5.41, 5.74) is 3.88. The van der Waals surface area contributed by atoms with Crippen LogP contribution >= 0.6 is 15.9 Å². The van der Waals surface area contributed by atoms with E-state index in [0.29, 0.717) is 4.47 Å². The van der Waals surface area contributed by atoms with Gasteiger partial charge in [-0.3, -0.25) is 20.4 Å². The molecule has 2 amide bonds. The van der Waals surface area contributed by atoms with Crippen LogP contribution in [0.25, 0.3) is 0 Å². The van der Waals surface area contributed by atoms with E-state index < -0.39 is 23.6 Å². The number of carbonyl (C=O) groups excluding carboxylic acids is 2. The summed E-state index contributed by atoms with van der Waals surface area (Å²) in [6, 6.07) is 5.95. The monoisotopic (exact) mass is 389 g/mol. The van der Waals surface area contributed by atoms with Gasteiger partial charge in [0.25, 0.3) is 5.91 Å². The minimum atomic E-state index is -4.47. The number of carbonyl (C=O) groups is 2. The van der Waals surface area contributed by atoms with E-state index in [0.717, 1.165) is 12.1 Å². The summed E-state index contributed by atoms with van der Waals surface area (Å²) in [7, 11) is 0. The Hall–Kier alpha value is -2.29. The molecule has 0 saturated heterocycles. The van der Waals surface area contributed by atoms with E-state index in [2.05, 4.69) is 31.8 Å². The Morgan fingerprint density at radius 3 is 2.52 bits per heavy atom. The average Bonchev–Trinajstić information content (AvgIpc) is 2.91. The van der Waals surface area contributed by atoms with Crippen molar-refractivity contribution in [2.24, 2.45) is 0 Å². The molecule has 2 rings (SSSR count). The van der Waals surface area contributed by atoms with E-state index in [1.165, 1.54) is 18.2 Å². The van der Waals surface area contributed by atoms with Crippen molar-refractivity contribution in [3.8, 4) is 0 Å². The Morgan fingerprint density at radius 2 is 1.91 bits per heavy atom. The molecule has 1 heterocycles. The Morgan fingerprint density at radius 1 is 1.17 bits per heavy atom. The van der Waals surface area contributed by atoms with E-state index >= 15 is 0 Å². The summed E-state index contributed by atoms with van der Waals surface area (Å²) in [6.45, 7) is 0. The minimum absolute atomic E-state index is 0.189. The molecule has 5 nitrogen and oxygen atoms in total. The molecule has 0 aliphatic heterocycles. The number of halogens is 4. The zero-order valence-electron chi connectivity index (χ0n) is 11.5. The van der Waals surface area contributed by atoms with E-state index in [1.807, 2.05) is 0 Å². The quantitative estimate of drug-likeness (QED) is 0.706. The van der Waals surface area contributed by atoms with Crippen molar-refractivity contribution in [2.45, 2.75) is 12.6 Å². The first-order chi connectivity index (χ1) is 10.8. The maximum Gasteiger partial charge on any atom is 0.416 e. The van der Waals surface area contributed by atoms with Gasteiger partial charge in [0.15, 0.2) is 0 Å². The molecule has 0 saturated carbocycles. The highest BCUT2D eigenvalue weighted by atomic mass is 79.9. The largest absolute Gasteiger partial charge is 0.416 e. The molecule has 2 aromatic rings. The van der Waals surface area contributed by atoms with Gasteiger partial charge in [-0.25, -0.2) is 0 Å². The molecule has 0 aliphatic carbocycles. The summed E-state index contributed by atoms with van der Waals surface area (Å²) in [6.07, 6.45) is -3.22. The second-order valence-corrected chi connectivity index (χ2v) is 5.52. The fourth-order valence-corrected chi connectivity index (χ4v) is 2.12. The number of aromatic amines is 1. The van der Waals surface area contributed by atoms with Crippen LogP contribution in [0, 0.1) is 0 Å². The number of nitrogens with one attached hydrogen (secondary N) is 3. The van der Waals surface area contributed by atoms with Crippen LogP contribution in [-0.2, 0) is 17.4 Å². The minimum Gasteiger partial charge on any atom is -0.356 e. The van der Waals surface area contributed by atoms with Crippen molar-refractivity contribution < 1.29 is 22.8 Å². The predicted octanol–water partition coefficient (Wildman–Crippen LogP) is 2.80. The number of hydrazine groups is 1. The Labute approximate surface area is 137 Å². The Balaban J connectivity index is 1.91. The van der Waals surface area contributed by atoms with Crippen LogP contribution in [0.5, 0.6) is 0 Å². The molecule has 1 aromatic carbocycles. The number of rotatable bonds is 3. The van der Waals surface area contributed by atoms with Crippen LogP contribution in [0.3, 0.4) is 0 Å². The fraction of sp³-hybridized carbons (Fsp3) is 0.143. The molecule has 0 bridgehead atoms. The van der Waals surface area contributed by atoms with Crippen molar-refractivity contribution in [3.63, 3.8) is 0 Å². The first-order valence-corrected chi connectivity index (χ1v) is 7.14. The second kappa shape index (κ2) is 6.86. The van der Waals surface area contributed by atoms with Crippen LogP contribution in [0.2, 0.25) is 0 Å². The van der Waals surface area contributed by atoms with Gasteiger partial charge in [0.05, 0.1) is 12.0 Å². The van der Waals surface area contributed by atoms with Crippen molar-refractivity contribution in [1.29, 1.82) is 0 Å². The predicted molar refractivity (Wildman–Crippen MR) is 79.2 cm³/mol. The van der Waals surface area contributed by atoms with Gasteiger partial charge in [-0.05, 0) is 33.6 Å². The molecular formula is C14H11BrF3N3O2. The van der Waals surface area contributed by atoms with Gasteiger partial charge in [-0.2, -0.15) is 13.2 Å². The topological polar surface area (TPSA) is 74.0 Å². The lowest BCUT2D eigenvalue weighted by Crippen LogP contribution is -2.42. The summed E-state index contributed by atoms with van der Waals surface area (Å²) in [4.78, 5) is 26.0. The third-order valence-corrected chi connectivity index (χ3v) is 3.28. The molecule has 0 aliphatic rings. The molecule has 0 radical (unpaired) electrons. The molecular weight excluding hydrogens is 379 g/mol. The fourth-order valence-electron chi connectivity index (χ4n) is 1.78. The molecule has 0 fully saturated rings. The lowest BCUT2D eigenvalue weighted by atomic mass is 10.1. The maximum absolute atomic E-state index is 12.6. The molecule has 0 spiro atoms. The highest BCUT2D eigenvalue weighted by Gasteiger charge is 2.30. The third kappa shape index (κ3) is 4.85. The van der Waals surface area contributed by atoms with Gasteiger partial charge in [-0.1, -0.05) is 18.2 Å². The van der Waals surface area contributed by atoms with Gasteiger partial charge in [0.1, 0.15) is 5.69 Å². The van der Waals surface area contributed by atoms with Crippen LogP contribution < -0.4 is 10.9 Å². The van der Waals surface area contributed by atoms with E-state index in [9.17, 15) is 22.8 Å². The van der Waals surface area contributed by atoms with Gasteiger partial charge < -0.3 is 4.98 Å². The number of hydrogen-bond acceptors (Lipinski definition) is 2. The van der Waals surface area contributed by atoms with Crippen LogP contribution in [-0.4, -0.2) is 16.8 Å². The number of H-pyrrole nitrogens is 1. The van der Waals surface area contributed by atoms with E-state index in [4.69, 9.17) is 0 Å². The molecule has 3 N–H and O–H groups in total. The number of aromatic nitrogens is 1.